The fourth-order valence-corrected chi connectivity index (χ4v) is 3.75. The van der Waals surface area contributed by atoms with Crippen molar-refractivity contribution in [3.63, 3.8) is 0 Å². The summed E-state index contributed by atoms with van der Waals surface area (Å²) in [6.07, 6.45) is 3.56. The van der Waals surface area contributed by atoms with Gasteiger partial charge in [-0.25, -0.2) is 4.39 Å². The first kappa shape index (κ1) is 19.8. The van der Waals surface area contributed by atoms with E-state index in [-0.39, 0.29) is 23.7 Å². The Balaban J connectivity index is 1.59. The summed E-state index contributed by atoms with van der Waals surface area (Å²) in [5, 5.41) is 3.05. The SMILES string of the molecule is Cc1ccc(NC(=O)C(=O)c2cn(CC(=O)N3CCCC3)c3ccccc23)cc1F. The highest BCUT2D eigenvalue weighted by Gasteiger charge is 2.24. The predicted molar refractivity (Wildman–Crippen MR) is 112 cm³/mol. The summed E-state index contributed by atoms with van der Waals surface area (Å²) in [6, 6.07) is 11.4. The molecule has 30 heavy (non-hydrogen) atoms. The standard InChI is InChI=1S/C23H22FN3O3/c1-15-8-9-16(12-19(15)24)25-23(30)22(29)18-13-27(20-7-3-2-6-17(18)20)14-21(28)26-10-4-5-11-26/h2-3,6-9,12-13H,4-5,10-11,14H2,1H3,(H,25,30). The van der Waals surface area contributed by atoms with E-state index in [1.165, 1.54) is 12.1 Å². The van der Waals surface area contributed by atoms with E-state index in [4.69, 9.17) is 0 Å². The molecule has 1 aromatic heterocycles. The molecule has 0 bridgehead atoms. The largest absolute Gasteiger partial charge is 0.341 e. The molecule has 3 aromatic rings. The third kappa shape index (κ3) is 3.83. The quantitative estimate of drug-likeness (QED) is 0.520. The number of aromatic nitrogens is 1. The van der Waals surface area contributed by atoms with Gasteiger partial charge in [-0.3, -0.25) is 14.4 Å². The lowest BCUT2D eigenvalue weighted by Crippen LogP contribution is -2.30. The molecule has 2 heterocycles. The Hall–Kier alpha value is -3.48. The molecule has 6 nitrogen and oxygen atoms in total. The maximum absolute atomic E-state index is 13.7. The molecule has 0 radical (unpaired) electrons. The van der Waals surface area contributed by atoms with Gasteiger partial charge in [-0.15, -0.1) is 0 Å². The summed E-state index contributed by atoms with van der Waals surface area (Å²) in [5.74, 6) is -2.06. The second-order valence-electron chi connectivity index (χ2n) is 7.52. The first-order chi connectivity index (χ1) is 14.4. The number of aryl methyl sites for hydroxylation is 1. The van der Waals surface area contributed by atoms with Crippen LogP contribution in [0.1, 0.15) is 28.8 Å². The van der Waals surface area contributed by atoms with Crippen LogP contribution in [0, 0.1) is 12.7 Å². The number of carbonyl (C=O) groups excluding carboxylic acids is 3. The molecule has 0 atom stereocenters. The number of nitrogens with zero attached hydrogens (tertiary/aromatic N) is 2. The van der Waals surface area contributed by atoms with Crippen LogP contribution in [0.4, 0.5) is 10.1 Å². The smallest absolute Gasteiger partial charge is 0.296 e. The van der Waals surface area contributed by atoms with Gasteiger partial charge in [0.1, 0.15) is 12.4 Å². The lowest BCUT2D eigenvalue weighted by Gasteiger charge is -2.15. The molecule has 1 fully saturated rings. The lowest BCUT2D eigenvalue weighted by atomic mass is 10.1. The number of hydrogen-bond acceptors (Lipinski definition) is 3. The number of ketones is 1. The minimum absolute atomic E-state index is 0.00756. The fourth-order valence-electron chi connectivity index (χ4n) is 3.75. The van der Waals surface area contributed by atoms with Crippen LogP contribution in [0.25, 0.3) is 10.9 Å². The normalized spacial score (nSPS) is 13.6. The van der Waals surface area contributed by atoms with Gasteiger partial charge in [0.15, 0.2) is 0 Å². The third-order valence-electron chi connectivity index (χ3n) is 5.43. The van der Waals surface area contributed by atoms with Crippen LogP contribution in [0.2, 0.25) is 0 Å². The van der Waals surface area contributed by atoms with Gasteiger partial charge in [0.25, 0.3) is 11.7 Å². The summed E-state index contributed by atoms with van der Waals surface area (Å²) < 4.78 is 15.4. The van der Waals surface area contributed by atoms with Gasteiger partial charge < -0.3 is 14.8 Å². The monoisotopic (exact) mass is 407 g/mol. The Morgan fingerprint density at radius 2 is 1.80 bits per heavy atom. The number of benzene rings is 2. The van der Waals surface area contributed by atoms with Crippen molar-refractivity contribution in [2.45, 2.75) is 26.3 Å². The maximum Gasteiger partial charge on any atom is 0.296 e. The van der Waals surface area contributed by atoms with Crippen LogP contribution in [0.5, 0.6) is 0 Å². The Kier molecular flexibility index (Phi) is 5.35. The van der Waals surface area contributed by atoms with Gasteiger partial charge in [0.05, 0.1) is 5.56 Å². The van der Waals surface area contributed by atoms with Crippen molar-refractivity contribution in [3.8, 4) is 0 Å². The molecule has 1 N–H and O–H groups in total. The summed E-state index contributed by atoms with van der Waals surface area (Å²) in [6.45, 7) is 3.22. The minimum atomic E-state index is -0.855. The van der Waals surface area contributed by atoms with Crippen LogP contribution >= 0.6 is 0 Å². The maximum atomic E-state index is 13.7. The molecule has 1 saturated heterocycles. The van der Waals surface area contributed by atoms with Crippen molar-refractivity contribution in [2.24, 2.45) is 0 Å². The van der Waals surface area contributed by atoms with E-state index in [9.17, 15) is 18.8 Å². The van der Waals surface area contributed by atoms with Crippen molar-refractivity contribution in [1.29, 1.82) is 0 Å². The highest BCUT2D eigenvalue weighted by atomic mass is 19.1. The number of anilines is 1. The first-order valence-electron chi connectivity index (χ1n) is 9.91. The summed E-state index contributed by atoms with van der Waals surface area (Å²) >= 11 is 0. The molecule has 1 aliphatic rings. The fraction of sp³-hybridized carbons (Fsp3) is 0.261. The summed E-state index contributed by atoms with van der Waals surface area (Å²) in [5.41, 5.74) is 1.59. The van der Waals surface area contributed by atoms with Gasteiger partial charge in [0.2, 0.25) is 5.91 Å². The number of para-hydroxylation sites is 1. The van der Waals surface area contributed by atoms with Gasteiger partial charge in [-0.1, -0.05) is 24.3 Å². The molecular weight excluding hydrogens is 385 g/mol. The Bertz CT molecular complexity index is 1150. The Morgan fingerprint density at radius 3 is 2.53 bits per heavy atom. The summed E-state index contributed by atoms with van der Waals surface area (Å²) in [7, 11) is 0. The molecule has 4 rings (SSSR count). The molecule has 2 amide bonds. The Labute approximate surface area is 173 Å². The van der Waals surface area contributed by atoms with Crippen LogP contribution < -0.4 is 5.32 Å². The molecule has 7 heteroatoms. The van der Waals surface area contributed by atoms with Crippen LogP contribution in [-0.4, -0.2) is 40.2 Å². The van der Waals surface area contributed by atoms with Crippen molar-refractivity contribution >= 4 is 34.2 Å². The highest BCUT2D eigenvalue weighted by Crippen LogP contribution is 2.23. The number of nitrogens with one attached hydrogen (secondary N) is 1. The minimum Gasteiger partial charge on any atom is -0.341 e. The number of hydrogen-bond donors (Lipinski definition) is 1. The molecule has 1 aliphatic heterocycles. The molecule has 0 aliphatic carbocycles. The van der Waals surface area contributed by atoms with Crippen LogP contribution in [0.15, 0.2) is 48.7 Å². The molecule has 0 saturated carbocycles. The topological polar surface area (TPSA) is 71.4 Å². The zero-order chi connectivity index (χ0) is 21.3. The van der Waals surface area contributed by atoms with Gasteiger partial charge in [0, 0.05) is 35.9 Å². The molecule has 2 aromatic carbocycles. The third-order valence-corrected chi connectivity index (χ3v) is 5.43. The number of Topliss-reactive ketones (excluding diaryl/α,β-unsaturated/α-hetero) is 1. The van der Waals surface area contributed by atoms with E-state index >= 15 is 0 Å². The van der Waals surface area contributed by atoms with E-state index < -0.39 is 17.5 Å². The predicted octanol–water partition coefficient (Wildman–Crippen LogP) is 3.53. The Morgan fingerprint density at radius 1 is 1.07 bits per heavy atom. The van der Waals surface area contributed by atoms with Gasteiger partial charge in [-0.2, -0.15) is 0 Å². The van der Waals surface area contributed by atoms with Crippen molar-refractivity contribution in [1.82, 2.24) is 9.47 Å². The second-order valence-corrected chi connectivity index (χ2v) is 7.52. The second kappa shape index (κ2) is 8.10. The number of carbonyl (C=O) groups is 3. The molecule has 0 unspecified atom stereocenters. The van der Waals surface area contributed by atoms with E-state index in [0.29, 0.717) is 16.5 Å². The average molecular weight is 407 g/mol. The molecular formula is C23H22FN3O3. The van der Waals surface area contributed by atoms with E-state index in [2.05, 4.69) is 5.32 Å². The van der Waals surface area contributed by atoms with E-state index in [1.807, 2.05) is 17.0 Å². The van der Waals surface area contributed by atoms with E-state index in [1.54, 1.807) is 35.9 Å². The van der Waals surface area contributed by atoms with Crippen molar-refractivity contribution in [2.75, 3.05) is 18.4 Å². The van der Waals surface area contributed by atoms with Crippen LogP contribution in [-0.2, 0) is 16.1 Å². The average Bonchev–Trinajstić information content (AvgIpc) is 3.39. The number of rotatable bonds is 5. The number of amides is 2. The molecule has 154 valence electrons. The number of fused-ring (bicyclic) bond motifs is 1. The summed E-state index contributed by atoms with van der Waals surface area (Å²) in [4.78, 5) is 39.8. The highest BCUT2D eigenvalue weighted by molar-refractivity contribution is 6.48. The number of likely N-dealkylation sites (tertiary alicyclic amines) is 1. The zero-order valence-corrected chi connectivity index (χ0v) is 16.7. The van der Waals surface area contributed by atoms with E-state index in [0.717, 1.165) is 25.9 Å². The molecule has 0 spiro atoms. The number of halogens is 1. The van der Waals surface area contributed by atoms with Crippen LogP contribution in [0.3, 0.4) is 0 Å². The first-order valence-corrected chi connectivity index (χ1v) is 9.91. The zero-order valence-electron chi connectivity index (χ0n) is 16.7. The lowest BCUT2D eigenvalue weighted by molar-refractivity contribution is -0.130. The van der Waals surface area contributed by atoms with Crippen molar-refractivity contribution in [3.05, 3.63) is 65.6 Å². The van der Waals surface area contributed by atoms with Gasteiger partial charge in [-0.05, 0) is 43.5 Å². The van der Waals surface area contributed by atoms with Gasteiger partial charge >= 0.3 is 0 Å². The van der Waals surface area contributed by atoms with Crippen molar-refractivity contribution < 1.29 is 18.8 Å².